The molecule has 3 aromatic carbocycles. The number of esters is 1. The highest BCUT2D eigenvalue weighted by atomic mass is 35.5. The zero-order chi connectivity index (χ0) is 28.0. The van der Waals surface area contributed by atoms with Crippen LogP contribution in [-0.4, -0.2) is 38.4 Å². The summed E-state index contributed by atoms with van der Waals surface area (Å²) in [6, 6.07) is 13.1. The van der Waals surface area contributed by atoms with Crippen molar-refractivity contribution in [2.24, 2.45) is 0 Å². The van der Waals surface area contributed by atoms with Gasteiger partial charge in [-0.15, -0.1) is 6.58 Å². The van der Waals surface area contributed by atoms with Crippen LogP contribution in [0.15, 0.2) is 78.2 Å². The minimum atomic E-state index is -4.32. The van der Waals surface area contributed by atoms with Crippen molar-refractivity contribution < 1.29 is 27.7 Å². The second kappa shape index (κ2) is 12.3. The molecule has 3 aromatic rings. The number of hydrogen-bond acceptors (Lipinski definition) is 7. The van der Waals surface area contributed by atoms with Gasteiger partial charge in [-0.1, -0.05) is 53.0 Å². The van der Waals surface area contributed by atoms with Gasteiger partial charge in [0.1, 0.15) is 4.90 Å². The van der Waals surface area contributed by atoms with E-state index in [0.717, 1.165) is 22.5 Å². The summed E-state index contributed by atoms with van der Waals surface area (Å²) in [6.07, 6.45) is 1.36. The van der Waals surface area contributed by atoms with Crippen molar-refractivity contribution in [3.05, 3.63) is 104 Å². The van der Waals surface area contributed by atoms with Gasteiger partial charge in [-0.3, -0.25) is 19.2 Å². The van der Waals surface area contributed by atoms with Crippen molar-refractivity contribution in [2.45, 2.75) is 4.90 Å². The third kappa shape index (κ3) is 6.62. The van der Waals surface area contributed by atoms with Gasteiger partial charge < -0.3 is 10.1 Å². The van der Waals surface area contributed by atoms with E-state index in [9.17, 15) is 28.1 Å². The summed E-state index contributed by atoms with van der Waals surface area (Å²) in [6.45, 7) is 2.66. The largest absolute Gasteiger partial charge is 0.452 e. The maximum Gasteiger partial charge on any atom is 0.338 e. The van der Waals surface area contributed by atoms with Gasteiger partial charge in [0.15, 0.2) is 6.61 Å². The van der Waals surface area contributed by atoms with Gasteiger partial charge >= 0.3 is 5.97 Å². The van der Waals surface area contributed by atoms with Crippen LogP contribution < -0.4 is 9.62 Å². The van der Waals surface area contributed by atoms with Gasteiger partial charge in [0, 0.05) is 12.1 Å². The molecule has 0 spiro atoms. The number of nitrogens with zero attached hydrogens (tertiary/aromatic N) is 2. The van der Waals surface area contributed by atoms with Crippen LogP contribution in [0.25, 0.3) is 0 Å². The Balaban J connectivity index is 1.80. The highest BCUT2D eigenvalue weighted by molar-refractivity contribution is 7.93. The Morgan fingerprint density at radius 3 is 2.37 bits per heavy atom. The molecule has 0 aliphatic heterocycles. The van der Waals surface area contributed by atoms with E-state index in [2.05, 4.69) is 11.9 Å². The lowest BCUT2D eigenvalue weighted by atomic mass is 10.2. The Morgan fingerprint density at radius 1 is 1.03 bits per heavy atom. The van der Waals surface area contributed by atoms with Crippen molar-refractivity contribution in [1.29, 1.82) is 0 Å². The van der Waals surface area contributed by atoms with E-state index >= 15 is 0 Å². The molecule has 0 aliphatic carbocycles. The summed E-state index contributed by atoms with van der Waals surface area (Å²) in [5, 5.41) is 13.3. The SMILES string of the molecule is C=CCN(c1ccccc1Cl)S(=O)(=O)c1cc(C(=O)OCC(=O)Nc2cc([N+](=O)[O-])ccc2Cl)ccc1Cl. The number of rotatable bonds is 10. The molecule has 0 atom stereocenters. The summed E-state index contributed by atoms with van der Waals surface area (Å²) in [5.41, 5.74) is -0.385. The number of ether oxygens (including phenoxy) is 1. The lowest BCUT2D eigenvalue weighted by molar-refractivity contribution is -0.384. The highest BCUT2D eigenvalue weighted by Gasteiger charge is 2.29. The van der Waals surface area contributed by atoms with E-state index in [1.807, 2.05) is 0 Å². The second-order valence-electron chi connectivity index (χ2n) is 7.47. The fraction of sp³-hybridized carbons (Fsp3) is 0.0833. The smallest absolute Gasteiger partial charge is 0.338 e. The highest BCUT2D eigenvalue weighted by Crippen LogP contribution is 2.33. The standard InChI is InChI=1S/C24H18Cl3N3O7S/c1-2-11-29(21-6-4-3-5-18(21)26)38(35,36)22-12-15(7-9-19(22)27)24(32)37-14-23(31)28-20-13-16(30(33)34)8-10-17(20)25/h2-10,12-13H,1,11,14H2,(H,28,31). The average Bonchev–Trinajstić information content (AvgIpc) is 2.87. The number of nitro groups is 1. The Bertz CT molecular complexity index is 1530. The minimum Gasteiger partial charge on any atom is -0.452 e. The lowest BCUT2D eigenvalue weighted by Gasteiger charge is -2.24. The number of non-ortho nitro benzene ring substituents is 1. The van der Waals surface area contributed by atoms with Crippen LogP contribution in [0.2, 0.25) is 15.1 Å². The lowest BCUT2D eigenvalue weighted by Crippen LogP contribution is -2.32. The predicted octanol–water partition coefficient (Wildman–Crippen LogP) is 5.73. The van der Waals surface area contributed by atoms with E-state index in [1.165, 1.54) is 36.4 Å². The number of sulfonamides is 1. The Labute approximate surface area is 232 Å². The molecule has 0 bridgehead atoms. The molecule has 3 rings (SSSR count). The van der Waals surface area contributed by atoms with Gasteiger partial charge in [0.2, 0.25) is 0 Å². The summed E-state index contributed by atoms with van der Waals surface area (Å²) in [7, 11) is -4.32. The van der Waals surface area contributed by atoms with Crippen molar-refractivity contribution in [2.75, 3.05) is 22.8 Å². The number of nitrogens with one attached hydrogen (secondary N) is 1. The molecular formula is C24H18Cl3N3O7S. The third-order valence-corrected chi connectivity index (χ3v) is 7.83. The summed E-state index contributed by atoms with van der Waals surface area (Å²) in [4.78, 5) is 34.7. The average molecular weight is 599 g/mol. The normalized spacial score (nSPS) is 10.9. The predicted molar refractivity (Wildman–Crippen MR) is 145 cm³/mol. The molecule has 1 N–H and O–H groups in total. The molecule has 10 nitrogen and oxygen atoms in total. The van der Waals surface area contributed by atoms with Crippen molar-refractivity contribution in [3.8, 4) is 0 Å². The number of nitro benzene ring substituents is 1. The van der Waals surface area contributed by atoms with Crippen molar-refractivity contribution in [3.63, 3.8) is 0 Å². The van der Waals surface area contributed by atoms with Crippen LogP contribution in [-0.2, 0) is 19.6 Å². The Hall–Kier alpha value is -3.64. The van der Waals surface area contributed by atoms with E-state index in [1.54, 1.807) is 12.1 Å². The minimum absolute atomic E-state index is 0.0328. The van der Waals surface area contributed by atoms with Crippen molar-refractivity contribution >= 4 is 73.8 Å². The van der Waals surface area contributed by atoms with Crippen molar-refractivity contribution in [1.82, 2.24) is 0 Å². The molecular weight excluding hydrogens is 581 g/mol. The fourth-order valence-corrected chi connectivity index (χ4v) is 5.58. The van der Waals surface area contributed by atoms with E-state index in [-0.39, 0.29) is 44.2 Å². The molecule has 0 aromatic heterocycles. The second-order valence-corrected chi connectivity index (χ2v) is 10.5. The summed E-state index contributed by atoms with van der Waals surface area (Å²) in [5.74, 6) is -1.86. The van der Waals surface area contributed by atoms with Crippen LogP contribution in [0.1, 0.15) is 10.4 Å². The number of anilines is 2. The number of carbonyl (C=O) groups is 2. The van der Waals surface area contributed by atoms with Gasteiger partial charge in [0.05, 0.1) is 43.5 Å². The first-order valence-corrected chi connectivity index (χ1v) is 13.1. The molecule has 0 saturated heterocycles. The fourth-order valence-electron chi connectivity index (χ4n) is 3.17. The van der Waals surface area contributed by atoms with Crippen LogP contribution >= 0.6 is 34.8 Å². The molecule has 0 aliphatic rings. The van der Waals surface area contributed by atoms with Gasteiger partial charge in [-0.25, -0.2) is 13.2 Å². The zero-order valence-corrected chi connectivity index (χ0v) is 22.4. The molecule has 0 unspecified atom stereocenters. The maximum atomic E-state index is 13.5. The number of halogens is 3. The monoisotopic (exact) mass is 597 g/mol. The van der Waals surface area contributed by atoms with Crippen LogP contribution in [0.3, 0.4) is 0 Å². The third-order valence-electron chi connectivity index (χ3n) is 4.92. The first-order chi connectivity index (χ1) is 17.9. The molecule has 0 radical (unpaired) electrons. The molecule has 1 amide bonds. The number of para-hydroxylation sites is 1. The molecule has 0 fully saturated rings. The summed E-state index contributed by atoms with van der Waals surface area (Å²) < 4.78 is 33.0. The van der Waals surface area contributed by atoms with Gasteiger partial charge in [-0.2, -0.15) is 0 Å². The number of hydrogen-bond donors (Lipinski definition) is 1. The first kappa shape index (κ1) is 28.9. The molecule has 38 heavy (non-hydrogen) atoms. The number of carbonyl (C=O) groups excluding carboxylic acids is 2. The number of benzene rings is 3. The van der Waals surface area contributed by atoms with E-state index in [0.29, 0.717) is 0 Å². The van der Waals surface area contributed by atoms with Gasteiger partial charge in [0.25, 0.3) is 21.6 Å². The Morgan fingerprint density at radius 2 is 1.71 bits per heavy atom. The molecule has 198 valence electrons. The van der Waals surface area contributed by atoms with E-state index < -0.39 is 38.3 Å². The molecule has 0 heterocycles. The molecule has 14 heteroatoms. The van der Waals surface area contributed by atoms with Crippen LogP contribution in [0.5, 0.6) is 0 Å². The topological polar surface area (TPSA) is 136 Å². The Kier molecular flexibility index (Phi) is 9.34. The van der Waals surface area contributed by atoms with Gasteiger partial charge in [-0.05, 0) is 36.4 Å². The zero-order valence-electron chi connectivity index (χ0n) is 19.3. The first-order valence-electron chi connectivity index (χ1n) is 10.5. The van der Waals surface area contributed by atoms with Crippen LogP contribution in [0.4, 0.5) is 17.1 Å². The quantitative estimate of drug-likeness (QED) is 0.136. The summed E-state index contributed by atoms with van der Waals surface area (Å²) >= 11 is 18.3. The van der Waals surface area contributed by atoms with E-state index in [4.69, 9.17) is 39.5 Å². The van der Waals surface area contributed by atoms with Crippen LogP contribution in [0, 0.1) is 10.1 Å². The molecule has 0 saturated carbocycles. The maximum absolute atomic E-state index is 13.5. The number of amides is 1.